The van der Waals surface area contributed by atoms with Crippen LogP contribution in [0.15, 0.2) is 42.6 Å². The van der Waals surface area contributed by atoms with Gasteiger partial charge in [-0.2, -0.15) is 13.2 Å². The molecule has 1 heterocycles. The van der Waals surface area contributed by atoms with E-state index in [9.17, 15) is 22.2 Å². The van der Waals surface area contributed by atoms with Crippen LogP contribution in [0.1, 0.15) is 54.0 Å². The van der Waals surface area contributed by atoms with Gasteiger partial charge in [-0.15, -0.1) is 0 Å². The summed E-state index contributed by atoms with van der Waals surface area (Å²) < 4.78 is 54.9. The highest BCUT2D eigenvalue weighted by molar-refractivity contribution is 7.84. The number of halogens is 3. The van der Waals surface area contributed by atoms with Crippen molar-refractivity contribution in [1.82, 2.24) is 9.71 Å². The van der Waals surface area contributed by atoms with E-state index in [1.54, 1.807) is 20.8 Å². The highest BCUT2D eigenvalue weighted by atomic mass is 32.2. The number of pyridine rings is 1. The second-order valence-electron chi connectivity index (χ2n) is 6.65. The second kappa shape index (κ2) is 7.67. The molecular formula is C18H19F3N2O2S. The smallest absolute Gasteiger partial charge is 0.298 e. The van der Waals surface area contributed by atoms with Crippen LogP contribution < -0.4 is 4.72 Å². The molecule has 0 spiro atoms. The minimum absolute atomic E-state index is 0.267. The van der Waals surface area contributed by atoms with Crippen LogP contribution >= 0.6 is 0 Å². The number of carbonyl (C=O) groups is 1. The summed E-state index contributed by atoms with van der Waals surface area (Å²) in [6.45, 7) is 5.14. The molecule has 0 aliphatic carbocycles. The van der Waals surface area contributed by atoms with E-state index in [0.717, 1.165) is 6.07 Å². The normalized spacial score (nSPS) is 14.7. The highest BCUT2D eigenvalue weighted by Crippen LogP contribution is 2.36. The van der Waals surface area contributed by atoms with Gasteiger partial charge in [0.1, 0.15) is 6.29 Å². The van der Waals surface area contributed by atoms with E-state index in [2.05, 4.69) is 9.71 Å². The largest absolute Gasteiger partial charge is 0.418 e. The molecule has 140 valence electrons. The van der Waals surface area contributed by atoms with E-state index < -0.39 is 33.5 Å². The molecule has 0 aliphatic rings. The second-order valence-corrected chi connectivity index (χ2v) is 8.65. The molecule has 26 heavy (non-hydrogen) atoms. The number of nitrogens with zero attached hydrogens (tertiary/aromatic N) is 1. The summed E-state index contributed by atoms with van der Waals surface area (Å²) in [4.78, 5) is 14.7. The van der Waals surface area contributed by atoms with Crippen LogP contribution in [0.3, 0.4) is 0 Å². The summed E-state index contributed by atoms with van der Waals surface area (Å²) >= 11 is 0. The van der Waals surface area contributed by atoms with Crippen LogP contribution in [0, 0.1) is 0 Å². The lowest BCUT2D eigenvalue weighted by Gasteiger charge is -2.26. The Bertz CT molecular complexity index is 799. The molecule has 0 aliphatic heterocycles. The van der Waals surface area contributed by atoms with Crippen LogP contribution in [0.2, 0.25) is 0 Å². The zero-order valence-electron chi connectivity index (χ0n) is 14.5. The van der Waals surface area contributed by atoms with Crippen LogP contribution in [0.4, 0.5) is 13.2 Å². The Balaban J connectivity index is 2.57. The van der Waals surface area contributed by atoms with Crippen molar-refractivity contribution in [3.05, 3.63) is 65.0 Å². The Hall–Kier alpha value is -2.06. The van der Waals surface area contributed by atoms with Gasteiger partial charge in [-0.1, -0.05) is 24.3 Å². The minimum atomic E-state index is -4.60. The number of alkyl halides is 3. The molecule has 0 radical (unpaired) electrons. The number of rotatable bonds is 5. The van der Waals surface area contributed by atoms with E-state index in [4.69, 9.17) is 0 Å². The quantitative estimate of drug-likeness (QED) is 0.791. The van der Waals surface area contributed by atoms with E-state index >= 15 is 0 Å². The first-order chi connectivity index (χ1) is 12.0. The van der Waals surface area contributed by atoms with Gasteiger partial charge in [0.2, 0.25) is 0 Å². The van der Waals surface area contributed by atoms with Gasteiger partial charge < -0.3 is 0 Å². The Morgan fingerprint density at radius 1 is 1.12 bits per heavy atom. The van der Waals surface area contributed by atoms with Crippen molar-refractivity contribution in [2.45, 2.75) is 37.7 Å². The maximum Gasteiger partial charge on any atom is 0.418 e. The van der Waals surface area contributed by atoms with Gasteiger partial charge in [0, 0.05) is 11.8 Å². The predicted molar refractivity (Wildman–Crippen MR) is 93.9 cm³/mol. The minimum Gasteiger partial charge on any atom is -0.298 e. The van der Waals surface area contributed by atoms with Gasteiger partial charge in [-0.3, -0.25) is 9.78 Å². The fourth-order valence-corrected chi connectivity index (χ4v) is 3.04. The fourth-order valence-electron chi connectivity index (χ4n) is 2.22. The monoisotopic (exact) mass is 384 g/mol. The molecule has 1 unspecified atom stereocenters. The number of benzene rings is 1. The molecule has 1 aromatic carbocycles. The predicted octanol–water partition coefficient (Wildman–Crippen LogP) is 4.05. The van der Waals surface area contributed by atoms with Gasteiger partial charge >= 0.3 is 6.18 Å². The van der Waals surface area contributed by atoms with Crippen molar-refractivity contribution in [2.24, 2.45) is 0 Å². The van der Waals surface area contributed by atoms with E-state index in [0.29, 0.717) is 17.4 Å². The van der Waals surface area contributed by atoms with Crippen LogP contribution in [0.5, 0.6) is 0 Å². The Kier molecular flexibility index (Phi) is 5.98. The number of hydrogen-bond acceptors (Lipinski definition) is 3. The summed E-state index contributed by atoms with van der Waals surface area (Å²) in [5.41, 5.74) is -0.349. The van der Waals surface area contributed by atoms with Crippen molar-refractivity contribution >= 4 is 17.3 Å². The molecule has 2 rings (SSSR count). The first-order valence-electron chi connectivity index (χ1n) is 7.79. The number of aromatic nitrogens is 1. The molecule has 1 aromatic heterocycles. The standard InChI is InChI=1S/C18H19F3N2O2S/c1-17(2,3)26(25)23-15(13-8-6-12(11-24)7-9-13)16-14(18(19,20)21)5-4-10-22-16/h4-11,15,23H,1-3H3/t15-,26?/m0/s1. The molecule has 8 heteroatoms. The first-order valence-corrected chi connectivity index (χ1v) is 8.94. The fraction of sp³-hybridized carbons (Fsp3) is 0.333. The number of aldehydes is 1. The van der Waals surface area contributed by atoms with Crippen molar-refractivity contribution < 1.29 is 22.2 Å². The molecule has 0 saturated heterocycles. The molecular weight excluding hydrogens is 365 g/mol. The lowest BCUT2D eigenvalue weighted by molar-refractivity contribution is -0.138. The Labute approximate surface area is 152 Å². The summed E-state index contributed by atoms with van der Waals surface area (Å²) in [6.07, 6.45) is -2.70. The number of carbonyl (C=O) groups excluding carboxylic acids is 1. The molecule has 1 N–H and O–H groups in total. The average molecular weight is 384 g/mol. The number of nitrogens with one attached hydrogen (secondary N) is 1. The number of hydrogen-bond donors (Lipinski definition) is 1. The maximum absolute atomic E-state index is 13.4. The molecule has 2 aromatic rings. The molecule has 2 atom stereocenters. The zero-order valence-corrected chi connectivity index (χ0v) is 15.3. The molecule has 0 fully saturated rings. The molecule has 0 saturated carbocycles. The topological polar surface area (TPSA) is 59.1 Å². The van der Waals surface area contributed by atoms with E-state index in [1.807, 2.05) is 0 Å². The van der Waals surface area contributed by atoms with Crippen molar-refractivity contribution in [1.29, 1.82) is 0 Å². The third-order valence-corrected chi connectivity index (χ3v) is 5.17. The van der Waals surface area contributed by atoms with Gasteiger partial charge in [0.25, 0.3) is 0 Å². The lowest BCUT2D eigenvalue weighted by atomic mass is 9.99. The molecule has 4 nitrogen and oxygen atoms in total. The van der Waals surface area contributed by atoms with Crippen molar-refractivity contribution in [2.75, 3.05) is 0 Å². The van der Waals surface area contributed by atoms with Crippen molar-refractivity contribution in [3.63, 3.8) is 0 Å². The van der Waals surface area contributed by atoms with Gasteiger partial charge in [0.15, 0.2) is 0 Å². The summed E-state index contributed by atoms with van der Waals surface area (Å²) in [7, 11) is -1.64. The van der Waals surface area contributed by atoms with Crippen molar-refractivity contribution in [3.8, 4) is 0 Å². The first kappa shape index (κ1) is 20.3. The van der Waals surface area contributed by atoms with Crippen LogP contribution in [-0.4, -0.2) is 20.2 Å². The third-order valence-electron chi connectivity index (χ3n) is 3.60. The summed E-state index contributed by atoms with van der Waals surface area (Å²) in [5, 5.41) is 0. The Morgan fingerprint density at radius 2 is 1.73 bits per heavy atom. The lowest BCUT2D eigenvalue weighted by Crippen LogP contribution is -2.37. The zero-order chi connectivity index (χ0) is 19.5. The maximum atomic E-state index is 13.4. The van der Waals surface area contributed by atoms with Gasteiger partial charge in [-0.25, -0.2) is 8.93 Å². The average Bonchev–Trinajstić information content (AvgIpc) is 2.58. The Morgan fingerprint density at radius 3 is 2.23 bits per heavy atom. The molecule has 0 bridgehead atoms. The SMILES string of the molecule is CC(C)(C)S(=O)N[C@@H](c1ccc(C=O)cc1)c1ncccc1C(F)(F)F. The van der Waals surface area contributed by atoms with E-state index in [-0.39, 0.29) is 5.69 Å². The van der Waals surface area contributed by atoms with Gasteiger partial charge in [-0.05, 0) is 38.5 Å². The molecule has 0 amide bonds. The van der Waals surface area contributed by atoms with Crippen LogP contribution in [-0.2, 0) is 17.2 Å². The highest BCUT2D eigenvalue weighted by Gasteiger charge is 2.37. The van der Waals surface area contributed by atoms with Gasteiger partial charge in [0.05, 0.1) is 33.0 Å². The summed E-state index contributed by atoms with van der Waals surface area (Å²) in [5.74, 6) is 0. The third kappa shape index (κ3) is 4.76. The van der Waals surface area contributed by atoms with Crippen LogP contribution in [0.25, 0.3) is 0 Å². The summed E-state index contributed by atoms with van der Waals surface area (Å²) in [6, 6.07) is 7.14. The van der Waals surface area contributed by atoms with E-state index in [1.165, 1.54) is 36.5 Å².